The van der Waals surface area contributed by atoms with Gasteiger partial charge in [0.2, 0.25) is 0 Å². The Hall–Kier alpha value is -1.22. The van der Waals surface area contributed by atoms with E-state index in [2.05, 4.69) is 0 Å². The SMILES string of the molecule is Cc1cccc(OCCC(O)Cc2cccc(Cl)c2Cl)c1. The lowest BCUT2D eigenvalue weighted by Gasteiger charge is -2.13. The lowest BCUT2D eigenvalue weighted by Crippen LogP contribution is -2.15. The summed E-state index contributed by atoms with van der Waals surface area (Å²) < 4.78 is 5.63. The van der Waals surface area contributed by atoms with E-state index in [1.807, 2.05) is 43.3 Å². The van der Waals surface area contributed by atoms with E-state index in [1.165, 1.54) is 0 Å². The molecule has 112 valence electrons. The minimum absolute atomic E-state index is 0.461. The van der Waals surface area contributed by atoms with Gasteiger partial charge in [0.05, 0.1) is 22.8 Å². The maximum atomic E-state index is 10.1. The van der Waals surface area contributed by atoms with E-state index < -0.39 is 6.10 Å². The van der Waals surface area contributed by atoms with Crippen LogP contribution in [0.5, 0.6) is 5.75 Å². The van der Waals surface area contributed by atoms with Crippen LogP contribution in [0, 0.1) is 6.92 Å². The zero-order valence-corrected chi connectivity index (χ0v) is 13.4. The summed E-state index contributed by atoms with van der Waals surface area (Å²) in [7, 11) is 0. The largest absolute Gasteiger partial charge is 0.493 e. The highest BCUT2D eigenvalue weighted by atomic mass is 35.5. The molecule has 0 heterocycles. The van der Waals surface area contributed by atoms with Crippen LogP contribution in [0.1, 0.15) is 17.5 Å². The maximum absolute atomic E-state index is 10.1. The van der Waals surface area contributed by atoms with Crippen molar-refractivity contribution in [3.05, 3.63) is 63.6 Å². The average molecular weight is 325 g/mol. The molecule has 2 nitrogen and oxygen atoms in total. The molecule has 2 rings (SSSR count). The lowest BCUT2D eigenvalue weighted by molar-refractivity contribution is 0.139. The molecule has 0 aromatic heterocycles. The number of hydrogen-bond donors (Lipinski definition) is 1. The Kier molecular flexibility index (Phi) is 5.92. The first-order chi connectivity index (χ1) is 10.1. The van der Waals surface area contributed by atoms with Gasteiger partial charge < -0.3 is 9.84 Å². The van der Waals surface area contributed by atoms with Crippen molar-refractivity contribution in [1.82, 2.24) is 0 Å². The Balaban J connectivity index is 1.82. The number of halogens is 2. The summed E-state index contributed by atoms with van der Waals surface area (Å²) >= 11 is 12.1. The topological polar surface area (TPSA) is 29.5 Å². The molecule has 0 fully saturated rings. The van der Waals surface area contributed by atoms with Crippen molar-refractivity contribution in [2.24, 2.45) is 0 Å². The van der Waals surface area contributed by atoms with E-state index in [-0.39, 0.29) is 0 Å². The van der Waals surface area contributed by atoms with Crippen molar-refractivity contribution < 1.29 is 9.84 Å². The lowest BCUT2D eigenvalue weighted by atomic mass is 10.1. The molecular weight excluding hydrogens is 307 g/mol. The molecule has 0 saturated heterocycles. The number of hydrogen-bond acceptors (Lipinski definition) is 2. The molecule has 1 unspecified atom stereocenters. The van der Waals surface area contributed by atoms with Crippen LogP contribution in [0.2, 0.25) is 10.0 Å². The van der Waals surface area contributed by atoms with Crippen molar-refractivity contribution in [2.45, 2.75) is 25.9 Å². The number of aliphatic hydroxyl groups excluding tert-OH is 1. The van der Waals surface area contributed by atoms with E-state index in [1.54, 1.807) is 6.07 Å². The molecule has 21 heavy (non-hydrogen) atoms. The maximum Gasteiger partial charge on any atom is 0.119 e. The second kappa shape index (κ2) is 7.69. The molecule has 0 amide bonds. The van der Waals surface area contributed by atoms with Crippen molar-refractivity contribution >= 4 is 23.2 Å². The number of aryl methyl sites for hydroxylation is 1. The van der Waals surface area contributed by atoms with Crippen molar-refractivity contribution in [1.29, 1.82) is 0 Å². The van der Waals surface area contributed by atoms with Gasteiger partial charge in [-0.15, -0.1) is 0 Å². The minimum Gasteiger partial charge on any atom is -0.493 e. The van der Waals surface area contributed by atoms with Crippen molar-refractivity contribution in [2.75, 3.05) is 6.61 Å². The molecular formula is C17H18Cl2O2. The van der Waals surface area contributed by atoms with Crippen molar-refractivity contribution in [3.8, 4) is 5.75 Å². The van der Waals surface area contributed by atoms with Crippen LogP contribution in [-0.4, -0.2) is 17.8 Å². The van der Waals surface area contributed by atoms with E-state index >= 15 is 0 Å². The highest BCUT2D eigenvalue weighted by Gasteiger charge is 2.10. The summed E-state index contributed by atoms with van der Waals surface area (Å²) in [5.41, 5.74) is 2.01. The summed E-state index contributed by atoms with van der Waals surface area (Å²) in [5, 5.41) is 11.1. The Morgan fingerprint density at radius 1 is 1.14 bits per heavy atom. The van der Waals surface area contributed by atoms with Crippen LogP contribution < -0.4 is 4.74 Å². The van der Waals surface area contributed by atoms with Crippen LogP contribution in [0.4, 0.5) is 0 Å². The summed E-state index contributed by atoms with van der Waals surface area (Å²) in [5.74, 6) is 0.822. The fraction of sp³-hybridized carbons (Fsp3) is 0.294. The van der Waals surface area contributed by atoms with Crippen LogP contribution in [0.3, 0.4) is 0 Å². The molecule has 0 radical (unpaired) electrons. The number of benzene rings is 2. The Labute approximate surface area is 135 Å². The van der Waals surface area contributed by atoms with Gasteiger partial charge in [-0.25, -0.2) is 0 Å². The second-order valence-corrected chi connectivity index (χ2v) is 5.81. The molecule has 2 aromatic carbocycles. The highest BCUT2D eigenvalue weighted by Crippen LogP contribution is 2.26. The van der Waals surface area contributed by atoms with Gasteiger partial charge in [0.25, 0.3) is 0 Å². The first-order valence-corrected chi connectivity index (χ1v) is 7.62. The molecule has 2 aromatic rings. The third-order valence-corrected chi connectivity index (χ3v) is 4.05. The standard InChI is InChI=1S/C17H18Cl2O2/c1-12-4-2-6-15(10-12)21-9-8-14(20)11-13-5-3-7-16(18)17(13)19/h2-7,10,14,20H,8-9,11H2,1H3. The molecule has 0 aliphatic rings. The Morgan fingerprint density at radius 3 is 2.67 bits per heavy atom. The van der Waals surface area contributed by atoms with Crippen molar-refractivity contribution in [3.63, 3.8) is 0 Å². The molecule has 1 N–H and O–H groups in total. The third-order valence-electron chi connectivity index (χ3n) is 3.20. The fourth-order valence-electron chi connectivity index (χ4n) is 2.08. The number of ether oxygens (including phenoxy) is 1. The van der Waals surface area contributed by atoms with Gasteiger partial charge in [-0.2, -0.15) is 0 Å². The number of rotatable bonds is 6. The fourth-order valence-corrected chi connectivity index (χ4v) is 2.48. The van der Waals surface area contributed by atoms with Gasteiger partial charge in [0, 0.05) is 6.42 Å². The molecule has 1 atom stereocenters. The number of aliphatic hydroxyl groups is 1. The van der Waals surface area contributed by atoms with Gasteiger partial charge in [-0.1, -0.05) is 47.5 Å². The Morgan fingerprint density at radius 2 is 1.90 bits per heavy atom. The normalized spacial score (nSPS) is 12.2. The average Bonchev–Trinajstić information content (AvgIpc) is 2.44. The van der Waals surface area contributed by atoms with Crippen LogP contribution in [-0.2, 0) is 6.42 Å². The van der Waals surface area contributed by atoms with E-state index in [9.17, 15) is 5.11 Å². The predicted octanol–water partition coefficient (Wildman–Crippen LogP) is 4.67. The van der Waals surface area contributed by atoms with Gasteiger partial charge in [-0.05, 0) is 42.7 Å². The minimum atomic E-state index is -0.509. The van der Waals surface area contributed by atoms with Gasteiger partial charge in [0.15, 0.2) is 0 Å². The molecule has 0 saturated carbocycles. The first kappa shape index (κ1) is 16.2. The predicted molar refractivity (Wildman–Crippen MR) is 87.5 cm³/mol. The summed E-state index contributed by atoms with van der Waals surface area (Å²) in [6.07, 6.45) is 0.499. The molecule has 0 aliphatic heterocycles. The van der Waals surface area contributed by atoms with Gasteiger partial charge in [0.1, 0.15) is 5.75 Å². The summed E-state index contributed by atoms with van der Waals surface area (Å²) in [6.45, 7) is 2.48. The second-order valence-electron chi connectivity index (χ2n) is 5.02. The highest BCUT2D eigenvalue weighted by molar-refractivity contribution is 6.42. The van der Waals surface area contributed by atoms with E-state index in [0.717, 1.165) is 16.9 Å². The smallest absolute Gasteiger partial charge is 0.119 e. The summed E-state index contributed by atoms with van der Waals surface area (Å²) in [4.78, 5) is 0. The first-order valence-electron chi connectivity index (χ1n) is 6.86. The third kappa shape index (κ3) is 4.92. The molecule has 0 aliphatic carbocycles. The molecule has 0 spiro atoms. The van der Waals surface area contributed by atoms with Crippen LogP contribution in [0.15, 0.2) is 42.5 Å². The molecule has 0 bridgehead atoms. The Bertz CT molecular complexity index is 599. The zero-order valence-electron chi connectivity index (χ0n) is 11.9. The zero-order chi connectivity index (χ0) is 15.2. The van der Waals surface area contributed by atoms with E-state index in [0.29, 0.717) is 29.5 Å². The van der Waals surface area contributed by atoms with Crippen LogP contribution in [0.25, 0.3) is 0 Å². The van der Waals surface area contributed by atoms with Gasteiger partial charge >= 0.3 is 0 Å². The monoisotopic (exact) mass is 324 g/mol. The summed E-state index contributed by atoms with van der Waals surface area (Å²) in [6, 6.07) is 13.3. The van der Waals surface area contributed by atoms with Gasteiger partial charge in [-0.3, -0.25) is 0 Å². The van der Waals surface area contributed by atoms with E-state index in [4.69, 9.17) is 27.9 Å². The van der Waals surface area contributed by atoms with Crippen LogP contribution >= 0.6 is 23.2 Å². The quantitative estimate of drug-likeness (QED) is 0.836. The molecule has 4 heteroatoms.